The van der Waals surface area contributed by atoms with E-state index in [1.165, 1.54) is 6.07 Å². The highest BCUT2D eigenvalue weighted by molar-refractivity contribution is 5.84. The Morgan fingerprint density at radius 3 is 2.79 bits per heavy atom. The van der Waals surface area contributed by atoms with Crippen molar-refractivity contribution in [3.63, 3.8) is 0 Å². The average Bonchev–Trinajstić information content (AvgIpc) is 2.80. The Kier molecular flexibility index (Phi) is 2.59. The van der Waals surface area contributed by atoms with Gasteiger partial charge < -0.3 is 14.9 Å². The van der Waals surface area contributed by atoms with Crippen molar-refractivity contribution in [1.29, 1.82) is 0 Å². The van der Waals surface area contributed by atoms with E-state index in [-0.39, 0.29) is 11.4 Å². The predicted molar refractivity (Wildman–Crippen MR) is 70.4 cm³/mol. The molecule has 96 valence electrons. The van der Waals surface area contributed by atoms with Gasteiger partial charge in [0.2, 0.25) is 5.95 Å². The summed E-state index contributed by atoms with van der Waals surface area (Å²) in [5.74, 6) is 0.619. The van der Waals surface area contributed by atoms with Crippen LogP contribution in [0.2, 0.25) is 0 Å². The first-order valence-electron chi connectivity index (χ1n) is 5.67. The van der Waals surface area contributed by atoms with Crippen LogP contribution < -0.4 is 10.5 Å². The molecular weight excluding hydrogens is 247 g/mol. The van der Waals surface area contributed by atoms with E-state index in [1.54, 1.807) is 31.4 Å². The predicted octanol–water partition coefficient (Wildman–Crippen LogP) is 3.22. The number of nitrogens with zero attached hydrogens (tertiary/aromatic N) is 1. The lowest BCUT2D eigenvalue weighted by Crippen LogP contribution is -1.94. The zero-order chi connectivity index (χ0) is 13.4. The molecule has 2 N–H and O–H groups in total. The van der Waals surface area contributed by atoms with Gasteiger partial charge in [0.05, 0.1) is 12.7 Å². The van der Waals surface area contributed by atoms with Crippen molar-refractivity contribution in [1.82, 2.24) is 4.98 Å². The topological polar surface area (TPSA) is 61.3 Å². The van der Waals surface area contributed by atoms with Crippen LogP contribution >= 0.6 is 0 Å². The standard InChI is InChI=1S/C14H11FN2O2/c1-18-9-2-4-11-8(6-9)7-12(19-11)10-3-5-13(16)17-14(10)15/h2-7H,1H3,(H2,16,17). The zero-order valence-electron chi connectivity index (χ0n) is 10.2. The van der Waals surface area contributed by atoms with Gasteiger partial charge in [-0.1, -0.05) is 0 Å². The fourth-order valence-electron chi connectivity index (χ4n) is 1.91. The van der Waals surface area contributed by atoms with Crippen molar-refractivity contribution in [2.75, 3.05) is 12.8 Å². The van der Waals surface area contributed by atoms with E-state index in [4.69, 9.17) is 14.9 Å². The second-order valence-corrected chi connectivity index (χ2v) is 4.09. The summed E-state index contributed by atoms with van der Waals surface area (Å²) in [4.78, 5) is 3.58. The van der Waals surface area contributed by atoms with E-state index < -0.39 is 5.95 Å². The minimum Gasteiger partial charge on any atom is -0.497 e. The highest BCUT2D eigenvalue weighted by atomic mass is 19.1. The van der Waals surface area contributed by atoms with Crippen LogP contribution in [-0.2, 0) is 0 Å². The molecule has 0 fully saturated rings. The number of methoxy groups -OCH3 is 1. The van der Waals surface area contributed by atoms with Gasteiger partial charge in [-0.3, -0.25) is 0 Å². The van der Waals surface area contributed by atoms with Crippen LogP contribution in [0.4, 0.5) is 10.2 Å². The number of ether oxygens (including phenoxy) is 1. The molecule has 0 saturated carbocycles. The molecule has 0 spiro atoms. The second kappa shape index (κ2) is 4.28. The van der Waals surface area contributed by atoms with E-state index in [2.05, 4.69) is 4.98 Å². The minimum absolute atomic E-state index is 0.138. The van der Waals surface area contributed by atoms with Crippen LogP contribution in [0, 0.1) is 5.95 Å². The summed E-state index contributed by atoms with van der Waals surface area (Å²) < 4.78 is 24.5. The van der Waals surface area contributed by atoms with E-state index >= 15 is 0 Å². The summed E-state index contributed by atoms with van der Waals surface area (Å²) in [5.41, 5.74) is 6.36. The maximum absolute atomic E-state index is 13.7. The summed E-state index contributed by atoms with van der Waals surface area (Å²) >= 11 is 0. The molecule has 3 rings (SSSR count). The number of pyridine rings is 1. The highest BCUT2D eigenvalue weighted by Crippen LogP contribution is 2.31. The Bertz CT molecular complexity index is 752. The average molecular weight is 258 g/mol. The molecule has 19 heavy (non-hydrogen) atoms. The molecule has 0 aliphatic rings. The number of nitrogens with two attached hydrogens (primary N) is 1. The maximum atomic E-state index is 13.7. The Morgan fingerprint density at radius 1 is 1.21 bits per heavy atom. The van der Waals surface area contributed by atoms with Gasteiger partial charge in [-0.2, -0.15) is 4.39 Å². The van der Waals surface area contributed by atoms with Crippen LogP contribution in [0.1, 0.15) is 0 Å². The molecular formula is C14H11FN2O2. The maximum Gasteiger partial charge on any atom is 0.225 e. The van der Waals surface area contributed by atoms with Crippen LogP contribution in [0.3, 0.4) is 0 Å². The van der Waals surface area contributed by atoms with Gasteiger partial charge in [0.1, 0.15) is 22.9 Å². The Morgan fingerprint density at radius 2 is 2.05 bits per heavy atom. The van der Waals surface area contributed by atoms with Crippen molar-refractivity contribution < 1.29 is 13.5 Å². The molecule has 2 heterocycles. The third kappa shape index (κ3) is 1.99. The largest absolute Gasteiger partial charge is 0.497 e. The molecule has 4 nitrogen and oxygen atoms in total. The SMILES string of the molecule is COc1ccc2oc(-c3ccc(N)nc3F)cc2c1. The number of nitrogen functional groups attached to an aromatic ring is 1. The molecule has 0 atom stereocenters. The summed E-state index contributed by atoms with van der Waals surface area (Å²) in [5, 5.41) is 0.838. The number of fused-ring (bicyclic) bond motifs is 1. The van der Waals surface area contributed by atoms with Crippen LogP contribution in [0.15, 0.2) is 40.8 Å². The first-order valence-corrected chi connectivity index (χ1v) is 5.67. The van der Waals surface area contributed by atoms with Gasteiger partial charge in [-0.25, -0.2) is 4.98 Å². The number of aromatic nitrogens is 1. The molecule has 0 unspecified atom stereocenters. The molecule has 0 aliphatic carbocycles. The van der Waals surface area contributed by atoms with E-state index in [0.29, 0.717) is 11.3 Å². The van der Waals surface area contributed by atoms with Gasteiger partial charge in [-0.15, -0.1) is 0 Å². The van der Waals surface area contributed by atoms with Crippen molar-refractivity contribution in [3.8, 4) is 17.1 Å². The van der Waals surface area contributed by atoms with E-state index in [1.807, 2.05) is 6.07 Å². The number of halogens is 1. The Hall–Kier alpha value is -2.56. The highest BCUT2D eigenvalue weighted by Gasteiger charge is 2.12. The van der Waals surface area contributed by atoms with Gasteiger partial charge in [-0.05, 0) is 36.4 Å². The van der Waals surface area contributed by atoms with Crippen molar-refractivity contribution in [3.05, 3.63) is 42.3 Å². The summed E-state index contributed by atoms with van der Waals surface area (Å²) in [6.07, 6.45) is 0. The molecule has 1 aromatic carbocycles. The quantitative estimate of drug-likeness (QED) is 0.717. The summed E-state index contributed by atoms with van der Waals surface area (Å²) in [6, 6.07) is 10.2. The fourth-order valence-corrected chi connectivity index (χ4v) is 1.91. The molecule has 0 saturated heterocycles. The van der Waals surface area contributed by atoms with Crippen molar-refractivity contribution in [2.24, 2.45) is 0 Å². The van der Waals surface area contributed by atoms with Crippen LogP contribution in [-0.4, -0.2) is 12.1 Å². The lowest BCUT2D eigenvalue weighted by atomic mass is 10.2. The molecule has 2 aromatic heterocycles. The van der Waals surface area contributed by atoms with Crippen LogP contribution in [0.25, 0.3) is 22.3 Å². The Labute approximate surface area is 108 Å². The van der Waals surface area contributed by atoms with Gasteiger partial charge in [0.15, 0.2) is 0 Å². The number of rotatable bonds is 2. The summed E-state index contributed by atoms with van der Waals surface area (Å²) in [7, 11) is 1.59. The van der Waals surface area contributed by atoms with Crippen molar-refractivity contribution >= 4 is 16.8 Å². The third-order valence-electron chi connectivity index (χ3n) is 2.86. The molecule has 0 aliphatic heterocycles. The number of hydrogen-bond donors (Lipinski definition) is 1. The van der Waals surface area contributed by atoms with Crippen LogP contribution in [0.5, 0.6) is 5.75 Å². The minimum atomic E-state index is -0.647. The zero-order valence-corrected chi connectivity index (χ0v) is 10.2. The molecule has 3 aromatic rings. The Balaban J connectivity index is 2.14. The molecule has 0 bridgehead atoms. The van der Waals surface area contributed by atoms with Gasteiger partial charge in [0, 0.05) is 5.39 Å². The number of benzene rings is 1. The van der Waals surface area contributed by atoms with Gasteiger partial charge in [0.25, 0.3) is 0 Å². The number of hydrogen-bond acceptors (Lipinski definition) is 4. The van der Waals surface area contributed by atoms with E-state index in [9.17, 15) is 4.39 Å². The molecule has 5 heteroatoms. The molecule has 0 radical (unpaired) electrons. The second-order valence-electron chi connectivity index (χ2n) is 4.09. The van der Waals surface area contributed by atoms with E-state index in [0.717, 1.165) is 11.1 Å². The fraction of sp³-hybridized carbons (Fsp3) is 0.0714. The monoisotopic (exact) mass is 258 g/mol. The lowest BCUT2D eigenvalue weighted by molar-refractivity contribution is 0.415. The molecule has 0 amide bonds. The lowest BCUT2D eigenvalue weighted by Gasteiger charge is -1.98. The number of anilines is 1. The normalized spacial score (nSPS) is 10.8. The summed E-state index contributed by atoms with van der Waals surface area (Å²) in [6.45, 7) is 0. The smallest absolute Gasteiger partial charge is 0.225 e. The first kappa shape index (κ1) is 11.5. The third-order valence-corrected chi connectivity index (χ3v) is 2.86. The van der Waals surface area contributed by atoms with Gasteiger partial charge >= 0.3 is 0 Å². The number of furan rings is 1. The first-order chi connectivity index (χ1) is 9.17. The van der Waals surface area contributed by atoms with Crippen molar-refractivity contribution in [2.45, 2.75) is 0 Å².